The van der Waals surface area contributed by atoms with Crippen molar-refractivity contribution in [2.75, 3.05) is 32.7 Å². The Morgan fingerprint density at radius 2 is 1.95 bits per heavy atom. The van der Waals surface area contributed by atoms with Crippen molar-refractivity contribution in [1.82, 2.24) is 9.80 Å². The summed E-state index contributed by atoms with van der Waals surface area (Å²) in [4.78, 5) is 5.37. The van der Waals surface area contributed by atoms with E-state index in [1.807, 2.05) is 0 Å². The summed E-state index contributed by atoms with van der Waals surface area (Å²) >= 11 is 0. The van der Waals surface area contributed by atoms with Crippen molar-refractivity contribution in [2.45, 2.75) is 58.5 Å². The molecule has 3 heteroatoms. The SMILES string of the molecule is CCC1CCC(CN)C(N2CCN(CC)C(C)C2)C1. The summed E-state index contributed by atoms with van der Waals surface area (Å²) in [5.41, 5.74) is 6.04. The first-order chi connectivity index (χ1) is 9.19. The highest BCUT2D eigenvalue weighted by Gasteiger charge is 2.35. The second kappa shape index (κ2) is 7.05. The van der Waals surface area contributed by atoms with Crippen molar-refractivity contribution in [3.63, 3.8) is 0 Å². The van der Waals surface area contributed by atoms with Crippen LogP contribution in [0.15, 0.2) is 0 Å². The Labute approximate surface area is 119 Å². The van der Waals surface area contributed by atoms with E-state index in [0.717, 1.165) is 24.4 Å². The minimum Gasteiger partial charge on any atom is -0.330 e. The van der Waals surface area contributed by atoms with E-state index in [1.165, 1.54) is 51.9 Å². The Hall–Kier alpha value is -0.120. The lowest BCUT2D eigenvalue weighted by atomic mass is 9.76. The number of rotatable bonds is 4. The van der Waals surface area contributed by atoms with E-state index in [0.29, 0.717) is 6.04 Å². The van der Waals surface area contributed by atoms with Gasteiger partial charge in [-0.05, 0) is 44.7 Å². The Kier molecular flexibility index (Phi) is 5.67. The van der Waals surface area contributed by atoms with E-state index in [4.69, 9.17) is 5.73 Å². The minimum atomic E-state index is 0.708. The second-order valence-electron chi connectivity index (χ2n) is 6.62. The molecule has 1 saturated heterocycles. The average Bonchev–Trinajstić information content (AvgIpc) is 2.46. The summed E-state index contributed by atoms with van der Waals surface area (Å²) in [6, 6.07) is 1.46. The molecule has 2 aliphatic rings. The summed E-state index contributed by atoms with van der Waals surface area (Å²) in [7, 11) is 0. The molecule has 1 heterocycles. The molecule has 0 amide bonds. The quantitative estimate of drug-likeness (QED) is 0.847. The van der Waals surface area contributed by atoms with Gasteiger partial charge in [-0.3, -0.25) is 9.80 Å². The molecule has 0 aromatic rings. The van der Waals surface area contributed by atoms with Crippen LogP contribution < -0.4 is 5.73 Å². The molecule has 19 heavy (non-hydrogen) atoms. The van der Waals surface area contributed by atoms with Gasteiger partial charge >= 0.3 is 0 Å². The van der Waals surface area contributed by atoms with Crippen LogP contribution in [0.1, 0.15) is 46.5 Å². The molecule has 3 nitrogen and oxygen atoms in total. The summed E-state index contributed by atoms with van der Waals surface area (Å²) < 4.78 is 0. The number of likely N-dealkylation sites (N-methyl/N-ethyl adjacent to an activating group) is 1. The Bertz CT molecular complexity index is 269. The third-order valence-electron chi connectivity index (χ3n) is 5.62. The fraction of sp³-hybridized carbons (Fsp3) is 1.00. The first-order valence-corrected chi connectivity index (χ1v) is 8.37. The summed E-state index contributed by atoms with van der Waals surface area (Å²) in [5.74, 6) is 1.68. The van der Waals surface area contributed by atoms with Crippen LogP contribution in [0.3, 0.4) is 0 Å². The maximum absolute atomic E-state index is 6.04. The Balaban J connectivity index is 1.98. The topological polar surface area (TPSA) is 32.5 Å². The van der Waals surface area contributed by atoms with Crippen molar-refractivity contribution in [3.8, 4) is 0 Å². The zero-order valence-electron chi connectivity index (χ0n) is 13.1. The van der Waals surface area contributed by atoms with Crippen LogP contribution >= 0.6 is 0 Å². The highest BCUT2D eigenvalue weighted by atomic mass is 15.3. The molecule has 0 spiro atoms. The maximum atomic E-state index is 6.04. The number of hydrogen-bond acceptors (Lipinski definition) is 3. The van der Waals surface area contributed by atoms with Gasteiger partial charge in [-0.25, -0.2) is 0 Å². The fourth-order valence-electron chi connectivity index (χ4n) is 4.18. The molecule has 1 saturated carbocycles. The first kappa shape index (κ1) is 15.3. The highest BCUT2D eigenvalue weighted by molar-refractivity contribution is 4.91. The van der Waals surface area contributed by atoms with Gasteiger partial charge < -0.3 is 5.73 Å². The van der Waals surface area contributed by atoms with Gasteiger partial charge in [-0.15, -0.1) is 0 Å². The molecule has 2 rings (SSSR count). The van der Waals surface area contributed by atoms with Crippen LogP contribution in [0, 0.1) is 11.8 Å². The lowest BCUT2D eigenvalue weighted by Crippen LogP contribution is -2.57. The van der Waals surface area contributed by atoms with Gasteiger partial charge in [0, 0.05) is 31.7 Å². The average molecular weight is 267 g/mol. The number of nitrogens with zero attached hydrogens (tertiary/aromatic N) is 2. The molecule has 0 radical (unpaired) electrons. The normalized spacial score (nSPS) is 38.5. The van der Waals surface area contributed by atoms with E-state index in [9.17, 15) is 0 Å². The molecule has 0 bridgehead atoms. The smallest absolute Gasteiger partial charge is 0.0195 e. The van der Waals surface area contributed by atoms with Crippen LogP contribution in [-0.2, 0) is 0 Å². The lowest BCUT2D eigenvalue weighted by molar-refractivity contribution is 0.0140. The Morgan fingerprint density at radius 1 is 1.16 bits per heavy atom. The zero-order valence-corrected chi connectivity index (χ0v) is 13.1. The fourth-order valence-corrected chi connectivity index (χ4v) is 4.18. The van der Waals surface area contributed by atoms with Crippen LogP contribution in [0.2, 0.25) is 0 Å². The third kappa shape index (κ3) is 3.50. The lowest BCUT2D eigenvalue weighted by Gasteiger charge is -2.48. The zero-order chi connectivity index (χ0) is 13.8. The first-order valence-electron chi connectivity index (χ1n) is 8.37. The maximum Gasteiger partial charge on any atom is 0.0195 e. The van der Waals surface area contributed by atoms with E-state index in [2.05, 4.69) is 30.6 Å². The number of nitrogens with two attached hydrogens (primary N) is 1. The highest BCUT2D eigenvalue weighted by Crippen LogP contribution is 2.34. The molecule has 1 aliphatic heterocycles. The second-order valence-corrected chi connectivity index (χ2v) is 6.62. The number of hydrogen-bond donors (Lipinski definition) is 1. The van der Waals surface area contributed by atoms with E-state index in [-0.39, 0.29) is 0 Å². The van der Waals surface area contributed by atoms with Crippen molar-refractivity contribution < 1.29 is 0 Å². The van der Waals surface area contributed by atoms with Gasteiger partial charge in [0.15, 0.2) is 0 Å². The minimum absolute atomic E-state index is 0.708. The summed E-state index contributed by atoms with van der Waals surface area (Å²) in [6.45, 7) is 12.8. The van der Waals surface area contributed by atoms with Crippen LogP contribution in [0.4, 0.5) is 0 Å². The van der Waals surface area contributed by atoms with Crippen LogP contribution in [0.25, 0.3) is 0 Å². The molecule has 0 aromatic heterocycles. The van der Waals surface area contributed by atoms with Gasteiger partial charge in [0.1, 0.15) is 0 Å². The van der Waals surface area contributed by atoms with Crippen molar-refractivity contribution in [3.05, 3.63) is 0 Å². The summed E-state index contributed by atoms with van der Waals surface area (Å²) in [5, 5.41) is 0. The molecule has 2 fully saturated rings. The molecular formula is C16H33N3. The molecule has 112 valence electrons. The van der Waals surface area contributed by atoms with Crippen LogP contribution in [-0.4, -0.2) is 54.6 Å². The van der Waals surface area contributed by atoms with Crippen molar-refractivity contribution in [2.24, 2.45) is 17.6 Å². The predicted octanol–water partition coefficient (Wildman–Crippen LogP) is 2.17. The van der Waals surface area contributed by atoms with Gasteiger partial charge in [-0.1, -0.05) is 26.7 Å². The van der Waals surface area contributed by atoms with E-state index >= 15 is 0 Å². The Morgan fingerprint density at radius 3 is 2.53 bits per heavy atom. The van der Waals surface area contributed by atoms with Gasteiger partial charge in [0.25, 0.3) is 0 Å². The predicted molar refractivity (Wildman–Crippen MR) is 82.2 cm³/mol. The van der Waals surface area contributed by atoms with Crippen LogP contribution in [0.5, 0.6) is 0 Å². The monoisotopic (exact) mass is 267 g/mol. The molecule has 2 N–H and O–H groups in total. The van der Waals surface area contributed by atoms with Gasteiger partial charge in [0.05, 0.1) is 0 Å². The molecule has 0 aromatic carbocycles. The van der Waals surface area contributed by atoms with Gasteiger partial charge in [-0.2, -0.15) is 0 Å². The van der Waals surface area contributed by atoms with Crippen molar-refractivity contribution >= 4 is 0 Å². The third-order valence-corrected chi connectivity index (χ3v) is 5.62. The molecular weight excluding hydrogens is 234 g/mol. The molecule has 1 aliphatic carbocycles. The molecule has 4 unspecified atom stereocenters. The molecule has 4 atom stereocenters. The summed E-state index contributed by atoms with van der Waals surface area (Å²) in [6.07, 6.45) is 5.48. The van der Waals surface area contributed by atoms with E-state index < -0.39 is 0 Å². The van der Waals surface area contributed by atoms with Crippen molar-refractivity contribution in [1.29, 1.82) is 0 Å². The number of piperazine rings is 1. The standard InChI is InChI=1S/C16H33N3/c1-4-14-6-7-15(11-17)16(10-14)19-9-8-18(5-2)13(3)12-19/h13-16H,4-12,17H2,1-3H3. The van der Waals surface area contributed by atoms with E-state index in [1.54, 1.807) is 0 Å². The largest absolute Gasteiger partial charge is 0.330 e. The van der Waals surface area contributed by atoms with Gasteiger partial charge in [0.2, 0.25) is 0 Å².